The molecule has 9 heteroatoms. The van der Waals surface area contributed by atoms with Crippen LogP contribution in [0.3, 0.4) is 0 Å². The molecule has 0 fully saturated rings. The molecule has 0 bridgehead atoms. The predicted molar refractivity (Wildman–Crippen MR) is 97.6 cm³/mol. The van der Waals surface area contributed by atoms with Gasteiger partial charge in [0.15, 0.2) is 0 Å². The van der Waals surface area contributed by atoms with Gasteiger partial charge in [0.1, 0.15) is 22.0 Å². The molecule has 0 unspecified atom stereocenters. The third-order valence-electron chi connectivity index (χ3n) is 3.74. The maximum Gasteiger partial charge on any atom is 0.264 e. The summed E-state index contributed by atoms with van der Waals surface area (Å²) in [6.45, 7) is 3.27. The largest absolute Gasteiger partial charge is 0.361 e. The number of carbonyl (C=O) groups is 1. The van der Waals surface area contributed by atoms with Gasteiger partial charge in [0.05, 0.1) is 11.9 Å². The van der Waals surface area contributed by atoms with E-state index in [0.717, 1.165) is 6.07 Å². The minimum atomic E-state index is -4.12. The number of halogens is 1. The highest BCUT2D eigenvalue weighted by molar-refractivity contribution is 7.92. The van der Waals surface area contributed by atoms with Crippen LogP contribution in [-0.4, -0.2) is 19.5 Å². The summed E-state index contributed by atoms with van der Waals surface area (Å²) in [6, 6.07) is 9.89. The number of benzene rings is 2. The van der Waals surface area contributed by atoms with E-state index in [0.29, 0.717) is 17.0 Å². The number of rotatable bonds is 5. The zero-order valence-electron chi connectivity index (χ0n) is 14.5. The second-order valence-corrected chi connectivity index (χ2v) is 7.52. The lowest BCUT2D eigenvalue weighted by Gasteiger charge is -2.11. The second-order valence-electron chi connectivity index (χ2n) is 5.87. The number of carbonyl (C=O) groups excluding carboxylic acids is 1. The van der Waals surface area contributed by atoms with Gasteiger partial charge in [0, 0.05) is 5.69 Å². The lowest BCUT2D eigenvalue weighted by Crippen LogP contribution is -2.16. The van der Waals surface area contributed by atoms with Crippen LogP contribution in [0, 0.1) is 19.7 Å². The topological polar surface area (TPSA) is 101 Å². The van der Waals surface area contributed by atoms with Gasteiger partial charge >= 0.3 is 0 Å². The molecule has 0 aliphatic rings. The van der Waals surface area contributed by atoms with E-state index in [9.17, 15) is 17.6 Å². The van der Waals surface area contributed by atoms with Crippen LogP contribution in [0.2, 0.25) is 0 Å². The Bertz CT molecular complexity index is 1110. The number of amides is 1. The molecule has 2 N–H and O–H groups in total. The molecule has 2 aromatic carbocycles. The van der Waals surface area contributed by atoms with Crippen LogP contribution in [0.25, 0.3) is 0 Å². The number of nitrogens with one attached hydrogen (secondary N) is 2. The molecule has 0 saturated carbocycles. The van der Waals surface area contributed by atoms with Crippen LogP contribution in [-0.2, 0) is 10.0 Å². The summed E-state index contributed by atoms with van der Waals surface area (Å²) in [5.41, 5.74) is 1.41. The van der Waals surface area contributed by atoms with E-state index in [-0.39, 0.29) is 11.3 Å². The molecule has 3 rings (SSSR count). The van der Waals surface area contributed by atoms with Crippen molar-refractivity contribution in [3.05, 3.63) is 71.4 Å². The van der Waals surface area contributed by atoms with Gasteiger partial charge in [-0.15, -0.1) is 0 Å². The normalized spacial score (nSPS) is 11.2. The molecular formula is C18H16FN3O4S. The molecule has 0 aliphatic heterocycles. The van der Waals surface area contributed by atoms with Crippen molar-refractivity contribution in [2.75, 3.05) is 10.0 Å². The summed E-state index contributed by atoms with van der Waals surface area (Å²) >= 11 is 0. The Morgan fingerprint density at radius 2 is 1.85 bits per heavy atom. The number of nitrogens with zero attached hydrogens (tertiary/aromatic N) is 1. The Kier molecular flexibility index (Phi) is 4.95. The van der Waals surface area contributed by atoms with Gasteiger partial charge in [-0.05, 0) is 49.7 Å². The number of aryl methyl sites for hydroxylation is 2. The van der Waals surface area contributed by atoms with Gasteiger partial charge in [-0.25, -0.2) is 12.8 Å². The maximum absolute atomic E-state index is 13.9. The maximum atomic E-state index is 13.9. The Balaban J connectivity index is 1.82. The summed E-state index contributed by atoms with van der Waals surface area (Å²) in [5, 5.41) is 6.16. The van der Waals surface area contributed by atoms with Gasteiger partial charge in [-0.3, -0.25) is 9.52 Å². The average molecular weight is 389 g/mol. The Hall–Kier alpha value is -3.20. The van der Waals surface area contributed by atoms with Crippen molar-refractivity contribution in [2.45, 2.75) is 18.7 Å². The Morgan fingerprint density at radius 3 is 2.56 bits per heavy atom. The van der Waals surface area contributed by atoms with Crippen LogP contribution in [0.4, 0.5) is 15.8 Å². The molecule has 0 aliphatic carbocycles. The van der Waals surface area contributed by atoms with Crippen molar-refractivity contribution in [2.24, 2.45) is 0 Å². The monoisotopic (exact) mass is 389 g/mol. The summed E-state index contributed by atoms with van der Waals surface area (Å²) in [5.74, 6) is -0.932. The van der Waals surface area contributed by atoms with Gasteiger partial charge in [-0.2, -0.15) is 0 Å². The van der Waals surface area contributed by atoms with Crippen molar-refractivity contribution in [3.63, 3.8) is 0 Å². The highest BCUT2D eigenvalue weighted by atomic mass is 32.2. The second kappa shape index (κ2) is 7.20. The molecule has 1 amide bonds. The SMILES string of the molecule is Cc1ccc(F)c(S(=O)(=O)Nc2cccc(NC(=O)c3cnoc3C)c2)c1. The molecule has 0 atom stereocenters. The van der Waals surface area contributed by atoms with E-state index in [4.69, 9.17) is 4.52 Å². The fourth-order valence-corrected chi connectivity index (χ4v) is 3.62. The van der Waals surface area contributed by atoms with Crippen molar-refractivity contribution in [1.82, 2.24) is 5.16 Å². The molecule has 0 radical (unpaired) electrons. The zero-order chi connectivity index (χ0) is 19.6. The van der Waals surface area contributed by atoms with Crippen LogP contribution >= 0.6 is 0 Å². The fraction of sp³-hybridized carbons (Fsp3) is 0.111. The highest BCUT2D eigenvalue weighted by Gasteiger charge is 2.20. The molecular weight excluding hydrogens is 373 g/mol. The summed E-state index contributed by atoms with van der Waals surface area (Å²) in [7, 11) is -4.12. The van der Waals surface area contributed by atoms with Crippen LogP contribution in [0.5, 0.6) is 0 Å². The lowest BCUT2D eigenvalue weighted by atomic mass is 10.2. The first-order valence-corrected chi connectivity index (χ1v) is 9.36. The quantitative estimate of drug-likeness (QED) is 0.696. The van der Waals surface area contributed by atoms with Gasteiger partial charge in [0.25, 0.3) is 15.9 Å². The Morgan fingerprint density at radius 1 is 1.11 bits per heavy atom. The molecule has 7 nitrogen and oxygen atoms in total. The van der Waals surface area contributed by atoms with E-state index < -0.39 is 26.6 Å². The van der Waals surface area contributed by atoms with Gasteiger partial charge < -0.3 is 9.84 Å². The number of hydrogen-bond acceptors (Lipinski definition) is 5. The van der Waals surface area contributed by atoms with E-state index >= 15 is 0 Å². The summed E-state index contributed by atoms with van der Waals surface area (Å²) in [6.07, 6.45) is 1.29. The van der Waals surface area contributed by atoms with Crippen molar-refractivity contribution in [1.29, 1.82) is 0 Å². The van der Waals surface area contributed by atoms with Crippen LogP contribution in [0.15, 0.2) is 58.1 Å². The number of aromatic nitrogens is 1. The molecule has 1 heterocycles. The van der Waals surface area contributed by atoms with Crippen LogP contribution in [0.1, 0.15) is 21.7 Å². The van der Waals surface area contributed by atoms with E-state index in [1.54, 1.807) is 26.0 Å². The first-order chi connectivity index (χ1) is 12.8. The molecule has 1 aromatic heterocycles. The van der Waals surface area contributed by atoms with Gasteiger partial charge in [0.2, 0.25) is 0 Å². The molecule has 0 saturated heterocycles. The Labute approximate surface area is 155 Å². The number of hydrogen-bond donors (Lipinski definition) is 2. The van der Waals surface area contributed by atoms with Crippen LogP contribution < -0.4 is 10.0 Å². The smallest absolute Gasteiger partial charge is 0.264 e. The molecule has 140 valence electrons. The molecule has 0 spiro atoms. The average Bonchev–Trinajstić information content (AvgIpc) is 3.03. The number of sulfonamides is 1. The minimum absolute atomic E-state index is 0.177. The zero-order valence-corrected chi connectivity index (χ0v) is 15.3. The third-order valence-corrected chi connectivity index (χ3v) is 5.14. The lowest BCUT2D eigenvalue weighted by molar-refractivity contribution is 0.102. The number of anilines is 2. The third kappa shape index (κ3) is 4.14. The van der Waals surface area contributed by atoms with Crippen molar-refractivity contribution in [3.8, 4) is 0 Å². The first-order valence-electron chi connectivity index (χ1n) is 7.88. The standard InChI is InChI=1S/C18H16FN3O4S/c1-11-6-7-16(19)17(8-11)27(24,25)22-14-5-3-4-13(9-14)21-18(23)15-10-20-26-12(15)2/h3-10,22H,1-2H3,(H,21,23). The summed E-state index contributed by atoms with van der Waals surface area (Å²) < 4.78 is 46.0. The first kappa shape index (κ1) is 18.6. The molecule has 27 heavy (non-hydrogen) atoms. The minimum Gasteiger partial charge on any atom is -0.361 e. The van der Waals surface area contributed by atoms with Crippen molar-refractivity contribution < 1.29 is 22.1 Å². The van der Waals surface area contributed by atoms with Crippen molar-refractivity contribution >= 4 is 27.3 Å². The molecule has 3 aromatic rings. The van der Waals surface area contributed by atoms with E-state index in [1.165, 1.54) is 30.5 Å². The highest BCUT2D eigenvalue weighted by Crippen LogP contribution is 2.22. The van der Waals surface area contributed by atoms with E-state index in [2.05, 4.69) is 15.2 Å². The predicted octanol–water partition coefficient (Wildman–Crippen LogP) is 3.48. The summed E-state index contributed by atoms with van der Waals surface area (Å²) in [4.78, 5) is 11.7. The van der Waals surface area contributed by atoms with Gasteiger partial charge in [-0.1, -0.05) is 17.3 Å². The van der Waals surface area contributed by atoms with E-state index in [1.807, 2.05) is 0 Å². The fourth-order valence-electron chi connectivity index (χ4n) is 2.40.